The molecule has 0 amide bonds. The fourth-order valence-corrected chi connectivity index (χ4v) is 1.65. The summed E-state index contributed by atoms with van der Waals surface area (Å²) in [7, 11) is 0. The van der Waals surface area contributed by atoms with E-state index in [0.29, 0.717) is 11.3 Å². The van der Waals surface area contributed by atoms with Crippen LogP contribution in [0.25, 0.3) is 10.8 Å². The second-order valence-electron chi connectivity index (χ2n) is 3.32. The van der Waals surface area contributed by atoms with Crippen molar-refractivity contribution in [3.63, 3.8) is 0 Å². The van der Waals surface area contributed by atoms with E-state index < -0.39 is 0 Å². The van der Waals surface area contributed by atoms with Gasteiger partial charge in [-0.25, -0.2) is 0 Å². The molecule has 2 rings (SSSR count). The van der Waals surface area contributed by atoms with Gasteiger partial charge in [-0.2, -0.15) is 0 Å². The Morgan fingerprint density at radius 2 is 1.80 bits per heavy atom. The summed E-state index contributed by atoms with van der Waals surface area (Å²) in [5, 5.41) is 1.78. The standard InChI is InChI=1S/C13H11NO/c1-2-13(15)11-7-8-12(14)10-6-4-3-5-9(10)11/h2-8H,1,14H2. The van der Waals surface area contributed by atoms with E-state index in [9.17, 15) is 4.79 Å². The van der Waals surface area contributed by atoms with Crippen molar-refractivity contribution < 1.29 is 4.79 Å². The van der Waals surface area contributed by atoms with Gasteiger partial charge in [0.25, 0.3) is 0 Å². The van der Waals surface area contributed by atoms with Crippen molar-refractivity contribution in [3.05, 3.63) is 54.6 Å². The predicted molar refractivity (Wildman–Crippen MR) is 62.9 cm³/mol. The minimum Gasteiger partial charge on any atom is -0.398 e. The zero-order valence-corrected chi connectivity index (χ0v) is 8.23. The number of benzene rings is 2. The normalized spacial score (nSPS) is 10.1. The number of anilines is 1. The molecule has 0 aliphatic heterocycles. The molecule has 15 heavy (non-hydrogen) atoms. The van der Waals surface area contributed by atoms with Gasteiger partial charge in [0, 0.05) is 16.6 Å². The Labute approximate surface area is 88.0 Å². The van der Waals surface area contributed by atoms with E-state index in [0.717, 1.165) is 10.8 Å². The number of hydrogen-bond acceptors (Lipinski definition) is 2. The summed E-state index contributed by atoms with van der Waals surface area (Å²) in [6, 6.07) is 11.1. The molecule has 0 unspecified atom stereocenters. The minimum atomic E-state index is -0.0776. The molecule has 0 saturated carbocycles. The zero-order valence-electron chi connectivity index (χ0n) is 8.23. The summed E-state index contributed by atoms with van der Waals surface area (Å²) < 4.78 is 0. The fraction of sp³-hybridized carbons (Fsp3) is 0. The lowest BCUT2D eigenvalue weighted by Crippen LogP contribution is -1.97. The first-order valence-electron chi connectivity index (χ1n) is 4.68. The van der Waals surface area contributed by atoms with Crippen LogP contribution in [0.4, 0.5) is 5.69 Å². The van der Waals surface area contributed by atoms with Crippen molar-refractivity contribution in [1.82, 2.24) is 0 Å². The van der Waals surface area contributed by atoms with Crippen LogP contribution in [-0.2, 0) is 0 Å². The summed E-state index contributed by atoms with van der Waals surface area (Å²) >= 11 is 0. The molecule has 0 aromatic heterocycles. The van der Waals surface area contributed by atoms with Crippen molar-refractivity contribution in [2.45, 2.75) is 0 Å². The van der Waals surface area contributed by atoms with Gasteiger partial charge in [-0.1, -0.05) is 30.8 Å². The fourth-order valence-electron chi connectivity index (χ4n) is 1.65. The van der Waals surface area contributed by atoms with Crippen molar-refractivity contribution in [3.8, 4) is 0 Å². The molecule has 0 spiro atoms. The first kappa shape index (κ1) is 9.46. The van der Waals surface area contributed by atoms with Gasteiger partial charge in [0.2, 0.25) is 0 Å². The lowest BCUT2D eigenvalue weighted by Gasteiger charge is -2.05. The summed E-state index contributed by atoms with van der Waals surface area (Å²) in [6.07, 6.45) is 1.32. The predicted octanol–water partition coefficient (Wildman–Crippen LogP) is 2.79. The van der Waals surface area contributed by atoms with Crippen molar-refractivity contribution in [2.75, 3.05) is 5.73 Å². The number of carbonyl (C=O) groups excluding carboxylic acids is 1. The van der Waals surface area contributed by atoms with E-state index in [1.54, 1.807) is 12.1 Å². The van der Waals surface area contributed by atoms with Crippen LogP contribution in [0.5, 0.6) is 0 Å². The van der Waals surface area contributed by atoms with E-state index in [1.807, 2.05) is 24.3 Å². The molecule has 0 aliphatic rings. The zero-order chi connectivity index (χ0) is 10.8. The number of allylic oxidation sites excluding steroid dienone is 1. The second-order valence-corrected chi connectivity index (χ2v) is 3.32. The first-order valence-corrected chi connectivity index (χ1v) is 4.68. The van der Waals surface area contributed by atoms with Crippen molar-refractivity contribution >= 4 is 22.2 Å². The molecule has 0 bridgehead atoms. The van der Waals surface area contributed by atoms with Gasteiger partial charge in [-0.3, -0.25) is 4.79 Å². The number of rotatable bonds is 2. The molecule has 2 aromatic carbocycles. The molecule has 2 aromatic rings. The highest BCUT2D eigenvalue weighted by molar-refractivity contribution is 6.15. The number of nitrogen functional groups attached to an aromatic ring is 1. The Bertz CT molecular complexity index is 543. The summed E-state index contributed by atoms with van der Waals surface area (Å²) in [5.74, 6) is -0.0776. The quantitative estimate of drug-likeness (QED) is 0.457. The third-order valence-electron chi connectivity index (χ3n) is 2.41. The van der Waals surface area contributed by atoms with Crippen LogP contribution in [0.3, 0.4) is 0 Å². The molecular formula is C13H11NO. The molecule has 0 aliphatic carbocycles. The van der Waals surface area contributed by atoms with Crippen LogP contribution in [0, 0.1) is 0 Å². The minimum absolute atomic E-state index is 0.0776. The number of nitrogens with two attached hydrogens (primary N) is 1. The maximum Gasteiger partial charge on any atom is 0.185 e. The number of ketones is 1. The summed E-state index contributed by atoms with van der Waals surface area (Å²) in [6.45, 7) is 3.49. The molecule has 2 N–H and O–H groups in total. The SMILES string of the molecule is C=CC(=O)c1ccc(N)c2ccccc12. The third kappa shape index (κ3) is 1.50. The molecule has 0 atom stereocenters. The van der Waals surface area contributed by atoms with E-state index in [2.05, 4.69) is 6.58 Å². The topological polar surface area (TPSA) is 43.1 Å². The maximum absolute atomic E-state index is 11.6. The molecule has 0 heterocycles. The van der Waals surface area contributed by atoms with Crippen molar-refractivity contribution in [1.29, 1.82) is 0 Å². The van der Waals surface area contributed by atoms with Gasteiger partial charge in [0.1, 0.15) is 0 Å². The van der Waals surface area contributed by atoms with Crippen molar-refractivity contribution in [2.24, 2.45) is 0 Å². The average molecular weight is 197 g/mol. The van der Waals surface area contributed by atoms with E-state index in [1.165, 1.54) is 6.08 Å². The Morgan fingerprint density at radius 3 is 2.47 bits per heavy atom. The number of fused-ring (bicyclic) bond motifs is 1. The van der Waals surface area contributed by atoms with Crippen LogP contribution >= 0.6 is 0 Å². The molecule has 0 saturated heterocycles. The first-order chi connectivity index (χ1) is 7.24. The molecule has 0 radical (unpaired) electrons. The molecule has 74 valence electrons. The molecule has 2 heteroatoms. The van der Waals surface area contributed by atoms with Crippen LogP contribution in [0.2, 0.25) is 0 Å². The highest BCUT2D eigenvalue weighted by Crippen LogP contribution is 2.24. The van der Waals surface area contributed by atoms with Gasteiger partial charge < -0.3 is 5.73 Å². The Hall–Kier alpha value is -2.09. The van der Waals surface area contributed by atoms with Gasteiger partial charge in [-0.15, -0.1) is 0 Å². The molecule has 2 nitrogen and oxygen atoms in total. The monoisotopic (exact) mass is 197 g/mol. The van der Waals surface area contributed by atoms with E-state index >= 15 is 0 Å². The Kier molecular flexibility index (Phi) is 2.26. The highest BCUT2D eigenvalue weighted by Gasteiger charge is 2.07. The van der Waals surface area contributed by atoms with Crippen LogP contribution in [0.1, 0.15) is 10.4 Å². The smallest absolute Gasteiger partial charge is 0.185 e. The lowest BCUT2D eigenvalue weighted by atomic mass is 10.0. The number of hydrogen-bond donors (Lipinski definition) is 1. The average Bonchev–Trinajstić information content (AvgIpc) is 2.29. The second kappa shape index (κ2) is 3.58. The largest absolute Gasteiger partial charge is 0.398 e. The number of carbonyl (C=O) groups is 1. The van der Waals surface area contributed by atoms with E-state index in [4.69, 9.17) is 5.73 Å². The maximum atomic E-state index is 11.6. The van der Waals surface area contributed by atoms with Gasteiger partial charge in [0.05, 0.1) is 0 Å². The molecular weight excluding hydrogens is 186 g/mol. The molecule has 0 fully saturated rings. The Balaban J connectivity index is 2.83. The summed E-state index contributed by atoms with van der Waals surface area (Å²) in [4.78, 5) is 11.6. The Morgan fingerprint density at radius 1 is 1.13 bits per heavy atom. The van der Waals surface area contributed by atoms with Gasteiger partial charge in [0.15, 0.2) is 5.78 Å². The highest BCUT2D eigenvalue weighted by atomic mass is 16.1. The van der Waals surface area contributed by atoms with Crippen LogP contribution in [0.15, 0.2) is 49.1 Å². The summed E-state index contributed by atoms with van der Waals surface area (Å²) in [5.41, 5.74) is 7.16. The third-order valence-corrected chi connectivity index (χ3v) is 2.41. The van der Waals surface area contributed by atoms with Gasteiger partial charge in [-0.05, 0) is 23.6 Å². The lowest BCUT2D eigenvalue weighted by molar-refractivity contribution is 0.104. The van der Waals surface area contributed by atoms with Crippen LogP contribution in [-0.4, -0.2) is 5.78 Å². The van der Waals surface area contributed by atoms with E-state index in [-0.39, 0.29) is 5.78 Å². The van der Waals surface area contributed by atoms with Gasteiger partial charge >= 0.3 is 0 Å². The van der Waals surface area contributed by atoms with Crippen LogP contribution < -0.4 is 5.73 Å².